The van der Waals surface area contributed by atoms with Crippen LogP contribution in [0.4, 0.5) is 9.18 Å². The second-order valence-corrected chi connectivity index (χ2v) is 9.62. The molecule has 0 aromatic heterocycles. The van der Waals surface area contributed by atoms with E-state index in [-0.39, 0.29) is 5.92 Å². The average molecular weight is 473 g/mol. The summed E-state index contributed by atoms with van der Waals surface area (Å²) in [6, 6.07) is -3.70. The summed E-state index contributed by atoms with van der Waals surface area (Å²) in [5, 5.41) is 7.50. The molecule has 188 valence electrons. The monoisotopic (exact) mass is 472 g/mol. The minimum absolute atomic E-state index is 0.306. The highest BCUT2D eigenvalue weighted by Gasteiger charge is 2.38. The van der Waals surface area contributed by atoms with E-state index in [4.69, 9.17) is 4.74 Å². The summed E-state index contributed by atoms with van der Waals surface area (Å²) >= 11 is 0. The Labute approximate surface area is 194 Å². The van der Waals surface area contributed by atoms with E-state index in [0.29, 0.717) is 19.4 Å². The largest absolute Gasteiger partial charge is 0.444 e. The Morgan fingerprint density at radius 3 is 2.12 bits per heavy atom. The molecule has 0 aromatic rings. The van der Waals surface area contributed by atoms with E-state index in [9.17, 15) is 28.4 Å². The molecule has 0 unspecified atom stereocenters. The number of alkyl halides is 1. The highest BCUT2D eigenvalue weighted by atomic mass is 19.1. The zero-order chi connectivity index (χ0) is 25.5. The van der Waals surface area contributed by atoms with Gasteiger partial charge in [0.15, 0.2) is 5.78 Å². The fraction of sp³-hybridized carbons (Fsp3) is 0.773. The van der Waals surface area contributed by atoms with Crippen molar-refractivity contribution >= 4 is 29.6 Å². The van der Waals surface area contributed by atoms with Gasteiger partial charge in [-0.15, -0.1) is 0 Å². The number of hydrogen-bond donors (Lipinski definition) is 3. The molecule has 11 heteroatoms. The molecule has 1 rings (SSSR count). The molecule has 1 aliphatic rings. The number of amides is 4. The van der Waals surface area contributed by atoms with Crippen LogP contribution in [-0.4, -0.2) is 77.5 Å². The molecule has 3 N–H and O–H groups in total. The summed E-state index contributed by atoms with van der Waals surface area (Å²) in [5.41, 5.74) is -0.724. The summed E-state index contributed by atoms with van der Waals surface area (Å²) in [6.45, 7) is 10.5. The van der Waals surface area contributed by atoms with Crippen molar-refractivity contribution in [2.75, 3.05) is 13.2 Å². The first kappa shape index (κ1) is 28.3. The lowest BCUT2D eigenvalue weighted by Gasteiger charge is -2.29. The third-order valence-corrected chi connectivity index (χ3v) is 5.14. The summed E-state index contributed by atoms with van der Waals surface area (Å²) in [5.74, 6) is -2.61. The number of Topliss-reactive ketones (excluding diaryl/α,β-unsaturated/α-hetero) is 1. The molecular weight excluding hydrogens is 435 g/mol. The summed E-state index contributed by atoms with van der Waals surface area (Å²) in [7, 11) is 0. The maximum atomic E-state index is 12.9. The molecule has 1 aliphatic heterocycles. The Hall–Kier alpha value is -2.72. The summed E-state index contributed by atoms with van der Waals surface area (Å²) in [4.78, 5) is 63.1. The number of likely N-dealkylation sites (tertiary alicyclic amines) is 1. The van der Waals surface area contributed by atoms with Gasteiger partial charge in [0.2, 0.25) is 17.7 Å². The van der Waals surface area contributed by atoms with Crippen LogP contribution in [0.2, 0.25) is 0 Å². The standard InChI is InChI=1S/C22H37FN4O6/c1-12(2)17(16(28)11-23)26-19(30)15-9-8-10-27(15)20(31)14(4)24-18(29)13(3)25-21(32)33-22(5,6)7/h12-15,17H,8-11H2,1-7H3,(H,24,29)(H,25,32)(H,26,30)/t13-,14-,15-,17-/m0/s1. The minimum atomic E-state index is -1.19. The molecule has 0 spiro atoms. The van der Waals surface area contributed by atoms with Crippen LogP contribution < -0.4 is 16.0 Å². The maximum absolute atomic E-state index is 12.9. The molecular formula is C22H37FN4O6. The number of carbonyl (C=O) groups excluding carboxylic acids is 5. The number of nitrogens with zero attached hydrogens (tertiary/aromatic N) is 1. The van der Waals surface area contributed by atoms with Crippen molar-refractivity contribution < 1.29 is 33.1 Å². The topological polar surface area (TPSA) is 134 Å². The average Bonchev–Trinajstić information content (AvgIpc) is 3.18. The molecule has 33 heavy (non-hydrogen) atoms. The van der Waals surface area contributed by atoms with E-state index in [1.54, 1.807) is 34.6 Å². The van der Waals surface area contributed by atoms with Crippen molar-refractivity contribution in [3.05, 3.63) is 0 Å². The normalized spacial score (nSPS) is 18.8. The second kappa shape index (κ2) is 11.9. The molecule has 0 aliphatic carbocycles. The molecule has 0 bridgehead atoms. The molecule has 4 amide bonds. The third-order valence-electron chi connectivity index (χ3n) is 5.14. The Balaban J connectivity index is 2.73. The minimum Gasteiger partial charge on any atom is -0.444 e. The molecule has 0 aromatic carbocycles. The van der Waals surface area contributed by atoms with Crippen molar-refractivity contribution in [3.8, 4) is 0 Å². The number of nitrogens with one attached hydrogen (secondary N) is 3. The van der Waals surface area contributed by atoms with Crippen LogP contribution in [0.25, 0.3) is 0 Å². The van der Waals surface area contributed by atoms with Gasteiger partial charge < -0.3 is 25.6 Å². The van der Waals surface area contributed by atoms with Gasteiger partial charge in [-0.25, -0.2) is 9.18 Å². The van der Waals surface area contributed by atoms with E-state index in [2.05, 4.69) is 16.0 Å². The predicted molar refractivity (Wildman–Crippen MR) is 119 cm³/mol. The first-order valence-electron chi connectivity index (χ1n) is 11.2. The Kier molecular flexibility index (Phi) is 10.2. The van der Waals surface area contributed by atoms with Crippen LogP contribution in [0.5, 0.6) is 0 Å². The number of alkyl carbamates (subject to hydrolysis) is 1. The zero-order valence-electron chi connectivity index (χ0n) is 20.5. The molecule has 1 fully saturated rings. The molecule has 1 saturated heterocycles. The van der Waals surface area contributed by atoms with Gasteiger partial charge in [0, 0.05) is 6.54 Å². The number of carbonyl (C=O) groups is 5. The summed E-state index contributed by atoms with van der Waals surface area (Å²) in [6.07, 6.45) is 0.205. The number of hydrogen-bond acceptors (Lipinski definition) is 6. The van der Waals surface area contributed by atoms with Crippen molar-refractivity contribution in [2.24, 2.45) is 5.92 Å². The van der Waals surface area contributed by atoms with Gasteiger partial charge in [-0.2, -0.15) is 0 Å². The van der Waals surface area contributed by atoms with Gasteiger partial charge in [-0.05, 0) is 53.4 Å². The van der Waals surface area contributed by atoms with E-state index < -0.39 is 66.0 Å². The second-order valence-electron chi connectivity index (χ2n) is 9.62. The quantitative estimate of drug-likeness (QED) is 0.460. The van der Waals surface area contributed by atoms with Gasteiger partial charge in [0.25, 0.3) is 0 Å². The van der Waals surface area contributed by atoms with Crippen LogP contribution in [0.3, 0.4) is 0 Å². The predicted octanol–water partition coefficient (Wildman–Crippen LogP) is 1.07. The SMILES string of the molecule is CC(C)[C@H](NC(=O)[C@@H]1CCCN1C(=O)[C@H](C)NC(=O)[C@H](C)NC(=O)OC(C)(C)C)C(=O)CF. The number of halogens is 1. The van der Waals surface area contributed by atoms with E-state index in [1.165, 1.54) is 18.7 Å². The van der Waals surface area contributed by atoms with Gasteiger partial charge in [0.05, 0.1) is 6.04 Å². The Morgan fingerprint density at radius 1 is 1.00 bits per heavy atom. The van der Waals surface area contributed by atoms with E-state index in [0.717, 1.165) is 0 Å². The smallest absolute Gasteiger partial charge is 0.408 e. The molecule has 4 atom stereocenters. The lowest BCUT2D eigenvalue weighted by molar-refractivity contribution is -0.142. The molecule has 1 heterocycles. The van der Waals surface area contributed by atoms with Crippen molar-refractivity contribution in [2.45, 2.75) is 91.1 Å². The third kappa shape index (κ3) is 8.62. The molecule has 0 saturated carbocycles. The highest BCUT2D eigenvalue weighted by Crippen LogP contribution is 2.19. The Bertz CT molecular complexity index is 752. The fourth-order valence-electron chi connectivity index (χ4n) is 3.45. The van der Waals surface area contributed by atoms with E-state index >= 15 is 0 Å². The lowest BCUT2D eigenvalue weighted by atomic mass is 9.99. The van der Waals surface area contributed by atoms with Crippen molar-refractivity contribution in [1.29, 1.82) is 0 Å². The highest BCUT2D eigenvalue weighted by molar-refractivity contribution is 5.96. The van der Waals surface area contributed by atoms with Crippen molar-refractivity contribution in [3.63, 3.8) is 0 Å². The number of ketones is 1. The zero-order valence-corrected chi connectivity index (χ0v) is 20.5. The van der Waals surface area contributed by atoms with Gasteiger partial charge >= 0.3 is 6.09 Å². The van der Waals surface area contributed by atoms with Crippen LogP contribution in [0.1, 0.15) is 61.3 Å². The number of rotatable bonds is 9. The van der Waals surface area contributed by atoms with Crippen molar-refractivity contribution in [1.82, 2.24) is 20.9 Å². The Morgan fingerprint density at radius 2 is 1.61 bits per heavy atom. The first-order valence-corrected chi connectivity index (χ1v) is 11.2. The van der Waals surface area contributed by atoms with Crippen LogP contribution in [-0.2, 0) is 23.9 Å². The van der Waals surface area contributed by atoms with Crippen LogP contribution in [0.15, 0.2) is 0 Å². The van der Waals surface area contributed by atoms with Gasteiger partial charge in [-0.1, -0.05) is 13.8 Å². The van der Waals surface area contributed by atoms with Crippen LogP contribution >= 0.6 is 0 Å². The lowest BCUT2D eigenvalue weighted by Crippen LogP contribution is -2.57. The fourth-order valence-corrected chi connectivity index (χ4v) is 3.45. The summed E-state index contributed by atoms with van der Waals surface area (Å²) < 4.78 is 18.0. The van der Waals surface area contributed by atoms with Gasteiger partial charge in [0.1, 0.15) is 30.4 Å². The molecule has 0 radical (unpaired) electrons. The molecule has 10 nitrogen and oxygen atoms in total. The van der Waals surface area contributed by atoms with Crippen LogP contribution in [0, 0.1) is 5.92 Å². The first-order chi connectivity index (χ1) is 15.2. The number of ether oxygens (including phenoxy) is 1. The maximum Gasteiger partial charge on any atom is 0.408 e. The van der Waals surface area contributed by atoms with Gasteiger partial charge in [-0.3, -0.25) is 19.2 Å². The van der Waals surface area contributed by atoms with E-state index in [1.807, 2.05) is 0 Å².